The van der Waals surface area contributed by atoms with E-state index in [1.165, 1.54) is 6.42 Å². The van der Waals surface area contributed by atoms with Gasteiger partial charge in [0.2, 0.25) is 0 Å². The van der Waals surface area contributed by atoms with Crippen LogP contribution in [-0.2, 0) is 9.53 Å². The van der Waals surface area contributed by atoms with Crippen molar-refractivity contribution in [2.75, 3.05) is 13.1 Å². The summed E-state index contributed by atoms with van der Waals surface area (Å²) in [6.45, 7) is 9.96. The molecule has 0 radical (unpaired) electrons. The quantitative estimate of drug-likeness (QED) is 0.752. The van der Waals surface area contributed by atoms with E-state index in [1.807, 2.05) is 0 Å². The molecule has 0 aromatic heterocycles. The first kappa shape index (κ1) is 14.5. The Morgan fingerprint density at radius 3 is 2.35 bits per heavy atom. The highest BCUT2D eigenvalue weighted by molar-refractivity contribution is 5.71. The first-order valence-corrected chi connectivity index (χ1v) is 6.87. The second kappa shape index (κ2) is 7.00. The average molecular weight is 241 g/mol. The topological polar surface area (TPSA) is 38.3 Å². The number of esters is 1. The van der Waals surface area contributed by atoms with Gasteiger partial charge in [-0.2, -0.15) is 0 Å². The molecule has 3 nitrogen and oxygen atoms in total. The highest BCUT2D eigenvalue weighted by Crippen LogP contribution is 2.30. The van der Waals surface area contributed by atoms with Crippen molar-refractivity contribution in [2.45, 2.75) is 53.1 Å². The molecule has 0 saturated heterocycles. The molecule has 3 heteroatoms. The standard InChI is InChI=1S/C14H27NO2/c1-10(2)8-15-9-14(16)17-13-6-11(3)5-12(4)7-13/h10-13,15H,5-9H2,1-4H3. The lowest BCUT2D eigenvalue weighted by Gasteiger charge is -2.31. The van der Waals surface area contributed by atoms with E-state index in [0.29, 0.717) is 24.3 Å². The molecule has 0 aromatic rings. The van der Waals surface area contributed by atoms with Gasteiger partial charge in [-0.3, -0.25) is 4.79 Å². The highest BCUT2D eigenvalue weighted by Gasteiger charge is 2.26. The van der Waals surface area contributed by atoms with Crippen molar-refractivity contribution in [1.82, 2.24) is 5.32 Å². The molecule has 0 spiro atoms. The van der Waals surface area contributed by atoms with E-state index < -0.39 is 0 Å². The summed E-state index contributed by atoms with van der Waals surface area (Å²) in [5.74, 6) is 1.83. The summed E-state index contributed by atoms with van der Waals surface area (Å²) >= 11 is 0. The summed E-state index contributed by atoms with van der Waals surface area (Å²) < 4.78 is 5.51. The minimum Gasteiger partial charge on any atom is -0.461 e. The molecule has 0 amide bonds. The monoisotopic (exact) mass is 241 g/mol. The lowest BCUT2D eigenvalue weighted by atomic mass is 9.82. The van der Waals surface area contributed by atoms with Crippen LogP contribution in [0.15, 0.2) is 0 Å². The van der Waals surface area contributed by atoms with Crippen molar-refractivity contribution >= 4 is 5.97 Å². The SMILES string of the molecule is CC(C)CNCC(=O)OC1CC(C)CC(C)C1. The van der Waals surface area contributed by atoms with Crippen LogP contribution in [-0.4, -0.2) is 25.2 Å². The summed E-state index contributed by atoms with van der Waals surface area (Å²) in [7, 11) is 0. The Hall–Kier alpha value is -0.570. The van der Waals surface area contributed by atoms with Crippen molar-refractivity contribution < 1.29 is 9.53 Å². The van der Waals surface area contributed by atoms with Gasteiger partial charge in [0.05, 0.1) is 6.54 Å². The average Bonchev–Trinajstić information content (AvgIpc) is 2.14. The normalized spacial score (nSPS) is 29.4. The Bertz CT molecular complexity index is 230. The lowest BCUT2D eigenvalue weighted by molar-refractivity contribution is -0.150. The highest BCUT2D eigenvalue weighted by atomic mass is 16.5. The fourth-order valence-corrected chi connectivity index (χ4v) is 2.66. The molecule has 1 rings (SSSR count). The van der Waals surface area contributed by atoms with Crippen molar-refractivity contribution in [1.29, 1.82) is 0 Å². The van der Waals surface area contributed by atoms with Crippen LogP contribution in [0.2, 0.25) is 0 Å². The van der Waals surface area contributed by atoms with Gasteiger partial charge in [-0.25, -0.2) is 0 Å². The van der Waals surface area contributed by atoms with Crippen LogP contribution in [0.5, 0.6) is 0 Å². The van der Waals surface area contributed by atoms with E-state index in [2.05, 4.69) is 33.0 Å². The number of hydrogen-bond donors (Lipinski definition) is 1. The Kier molecular flexibility index (Phi) is 5.96. The lowest BCUT2D eigenvalue weighted by Crippen LogP contribution is -2.33. The second-order valence-electron chi connectivity index (χ2n) is 6.05. The predicted octanol–water partition coefficient (Wildman–Crippen LogP) is 2.60. The predicted molar refractivity (Wildman–Crippen MR) is 69.8 cm³/mol. The smallest absolute Gasteiger partial charge is 0.320 e. The summed E-state index contributed by atoms with van der Waals surface area (Å²) in [6, 6.07) is 0. The number of rotatable bonds is 5. The molecule has 0 aliphatic heterocycles. The van der Waals surface area contributed by atoms with Gasteiger partial charge in [-0.15, -0.1) is 0 Å². The molecule has 0 bridgehead atoms. The minimum absolute atomic E-state index is 0.100. The number of ether oxygens (including phenoxy) is 1. The summed E-state index contributed by atoms with van der Waals surface area (Å²) in [4.78, 5) is 11.6. The Morgan fingerprint density at radius 2 is 1.82 bits per heavy atom. The van der Waals surface area contributed by atoms with E-state index in [0.717, 1.165) is 19.4 Å². The van der Waals surface area contributed by atoms with E-state index >= 15 is 0 Å². The van der Waals surface area contributed by atoms with Gasteiger partial charge < -0.3 is 10.1 Å². The van der Waals surface area contributed by atoms with Crippen LogP contribution in [0.25, 0.3) is 0 Å². The van der Waals surface area contributed by atoms with Gasteiger partial charge in [-0.05, 0) is 43.6 Å². The van der Waals surface area contributed by atoms with Crippen LogP contribution in [0.4, 0.5) is 0 Å². The van der Waals surface area contributed by atoms with E-state index in [4.69, 9.17) is 4.74 Å². The number of hydrogen-bond acceptors (Lipinski definition) is 3. The van der Waals surface area contributed by atoms with E-state index in [9.17, 15) is 4.79 Å². The molecule has 0 aromatic carbocycles. The molecular weight excluding hydrogens is 214 g/mol. The van der Waals surface area contributed by atoms with Gasteiger partial charge in [0, 0.05) is 0 Å². The molecule has 1 fully saturated rings. The Balaban J connectivity index is 2.21. The fraction of sp³-hybridized carbons (Fsp3) is 0.929. The maximum Gasteiger partial charge on any atom is 0.320 e. The van der Waals surface area contributed by atoms with Crippen LogP contribution >= 0.6 is 0 Å². The zero-order chi connectivity index (χ0) is 12.8. The van der Waals surface area contributed by atoms with Gasteiger partial charge in [0.25, 0.3) is 0 Å². The summed E-state index contributed by atoms with van der Waals surface area (Å²) in [5, 5.41) is 3.12. The minimum atomic E-state index is -0.100. The third-order valence-electron chi connectivity index (χ3n) is 3.26. The molecule has 2 unspecified atom stereocenters. The zero-order valence-corrected chi connectivity index (χ0v) is 11.7. The Labute approximate surface area is 105 Å². The van der Waals surface area contributed by atoms with Crippen LogP contribution in [0.1, 0.15) is 47.0 Å². The largest absolute Gasteiger partial charge is 0.461 e. The number of carbonyl (C=O) groups excluding carboxylic acids is 1. The summed E-state index contributed by atoms with van der Waals surface area (Å²) in [5.41, 5.74) is 0. The van der Waals surface area contributed by atoms with Gasteiger partial charge in [-0.1, -0.05) is 27.7 Å². The molecule has 1 aliphatic carbocycles. The van der Waals surface area contributed by atoms with Gasteiger partial charge in [0.15, 0.2) is 0 Å². The van der Waals surface area contributed by atoms with Crippen molar-refractivity contribution in [3.8, 4) is 0 Å². The molecule has 0 heterocycles. The first-order chi connectivity index (χ1) is 7.97. The molecule has 1 saturated carbocycles. The van der Waals surface area contributed by atoms with Crippen molar-refractivity contribution in [3.63, 3.8) is 0 Å². The first-order valence-electron chi connectivity index (χ1n) is 6.87. The van der Waals surface area contributed by atoms with Crippen molar-refractivity contribution in [3.05, 3.63) is 0 Å². The molecule has 100 valence electrons. The molecule has 1 aliphatic rings. The van der Waals surface area contributed by atoms with Crippen LogP contribution in [0.3, 0.4) is 0 Å². The van der Waals surface area contributed by atoms with Crippen molar-refractivity contribution in [2.24, 2.45) is 17.8 Å². The van der Waals surface area contributed by atoms with Gasteiger partial charge >= 0.3 is 5.97 Å². The number of nitrogens with one attached hydrogen (secondary N) is 1. The molecule has 2 atom stereocenters. The maximum absolute atomic E-state index is 11.6. The number of carbonyl (C=O) groups is 1. The molecular formula is C14H27NO2. The second-order valence-corrected chi connectivity index (χ2v) is 6.05. The van der Waals surface area contributed by atoms with Gasteiger partial charge in [0.1, 0.15) is 6.10 Å². The fourth-order valence-electron chi connectivity index (χ4n) is 2.66. The molecule has 17 heavy (non-hydrogen) atoms. The maximum atomic E-state index is 11.6. The third kappa shape index (κ3) is 6.06. The van der Waals surface area contributed by atoms with Crippen LogP contribution < -0.4 is 5.32 Å². The van der Waals surface area contributed by atoms with E-state index in [-0.39, 0.29) is 12.1 Å². The summed E-state index contributed by atoms with van der Waals surface area (Å²) in [6.07, 6.45) is 3.46. The third-order valence-corrected chi connectivity index (χ3v) is 3.26. The zero-order valence-electron chi connectivity index (χ0n) is 11.7. The van der Waals surface area contributed by atoms with E-state index in [1.54, 1.807) is 0 Å². The Morgan fingerprint density at radius 1 is 1.24 bits per heavy atom. The van der Waals surface area contributed by atoms with Crippen LogP contribution in [0, 0.1) is 17.8 Å². The molecule has 1 N–H and O–H groups in total.